The van der Waals surface area contributed by atoms with Crippen LogP contribution in [0.1, 0.15) is 36.0 Å². The monoisotopic (exact) mass is 253 g/mol. The molecule has 4 heteroatoms. The summed E-state index contributed by atoms with van der Waals surface area (Å²) >= 11 is 1.53. The molecule has 0 aliphatic heterocycles. The van der Waals surface area contributed by atoms with E-state index in [2.05, 4.69) is 5.32 Å². The number of aliphatic hydroxyl groups excluding tert-OH is 1. The Morgan fingerprint density at radius 3 is 2.82 bits per heavy atom. The highest BCUT2D eigenvalue weighted by molar-refractivity contribution is 7.08. The van der Waals surface area contributed by atoms with E-state index in [4.69, 9.17) is 0 Å². The van der Waals surface area contributed by atoms with E-state index in [9.17, 15) is 9.90 Å². The molecule has 1 fully saturated rings. The molecule has 2 unspecified atom stereocenters. The molecule has 2 rings (SSSR count). The van der Waals surface area contributed by atoms with E-state index in [1.165, 1.54) is 24.2 Å². The normalized spacial score (nSPS) is 24.5. The highest BCUT2D eigenvalue weighted by Gasteiger charge is 2.24. The highest BCUT2D eigenvalue weighted by atomic mass is 32.1. The van der Waals surface area contributed by atoms with Crippen molar-refractivity contribution in [3.8, 4) is 0 Å². The summed E-state index contributed by atoms with van der Waals surface area (Å²) in [6.07, 6.45) is 4.64. The Kier molecular flexibility index (Phi) is 4.57. The molecule has 0 saturated heterocycles. The second kappa shape index (κ2) is 6.17. The van der Waals surface area contributed by atoms with Gasteiger partial charge in [0.25, 0.3) is 5.91 Å². The van der Waals surface area contributed by atoms with E-state index in [0.717, 1.165) is 18.4 Å². The quantitative estimate of drug-likeness (QED) is 0.865. The zero-order valence-electron chi connectivity index (χ0n) is 9.89. The van der Waals surface area contributed by atoms with Crippen LogP contribution in [0.5, 0.6) is 0 Å². The Balaban J connectivity index is 1.82. The lowest BCUT2D eigenvalue weighted by Gasteiger charge is -2.30. The standard InChI is InChI=1S/C13H19NO2S/c15-8-11-4-2-1-3-10(11)7-14-13(16)12-5-6-17-9-12/h5-6,9-11,15H,1-4,7-8H2,(H,14,16). The van der Waals surface area contributed by atoms with Gasteiger partial charge in [0.1, 0.15) is 0 Å². The van der Waals surface area contributed by atoms with Crippen LogP contribution in [0.4, 0.5) is 0 Å². The van der Waals surface area contributed by atoms with E-state index in [1.54, 1.807) is 0 Å². The van der Waals surface area contributed by atoms with Gasteiger partial charge in [0.2, 0.25) is 0 Å². The van der Waals surface area contributed by atoms with E-state index in [-0.39, 0.29) is 12.5 Å². The lowest BCUT2D eigenvalue weighted by molar-refractivity contribution is 0.0910. The average Bonchev–Trinajstić information content (AvgIpc) is 2.90. The minimum Gasteiger partial charge on any atom is -0.396 e. The van der Waals surface area contributed by atoms with Gasteiger partial charge in [0.05, 0.1) is 0 Å². The molecule has 0 spiro atoms. The van der Waals surface area contributed by atoms with Crippen molar-refractivity contribution in [2.24, 2.45) is 11.8 Å². The predicted octanol–water partition coefficient (Wildman–Crippen LogP) is 2.28. The average molecular weight is 253 g/mol. The molecule has 1 aromatic heterocycles. The maximum atomic E-state index is 11.8. The first kappa shape index (κ1) is 12.6. The Morgan fingerprint density at radius 1 is 1.41 bits per heavy atom. The van der Waals surface area contributed by atoms with Gasteiger partial charge >= 0.3 is 0 Å². The summed E-state index contributed by atoms with van der Waals surface area (Å²) in [7, 11) is 0. The molecule has 2 N–H and O–H groups in total. The van der Waals surface area contributed by atoms with Crippen molar-refractivity contribution in [3.63, 3.8) is 0 Å². The van der Waals surface area contributed by atoms with Crippen molar-refractivity contribution < 1.29 is 9.90 Å². The first-order valence-corrected chi connectivity index (χ1v) is 7.17. The molecule has 1 saturated carbocycles. The first-order valence-electron chi connectivity index (χ1n) is 6.22. The zero-order chi connectivity index (χ0) is 12.1. The number of rotatable bonds is 4. The molecule has 1 amide bonds. The van der Waals surface area contributed by atoms with E-state index in [0.29, 0.717) is 18.4 Å². The van der Waals surface area contributed by atoms with Crippen LogP contribution in [-0.4, -0.2) is 24.2 Å². The van der Waals surface area contributed by atoms with Crippen molar-refractivity contribution >= 4 is 17.2 Å². The van der Waals surface area contributed by atoms with Crippen molar-refractivity contribution in [2.75, 3.05) is 13.2 Å². The van der Waals surface area contributed by atoms with Gasteiger partial charge in [-0.05, 0) is 36.1 Å². The fourth-order valence-electron chi connectivity index (χ4n) is 2.51. The number of carbonyl (C=O) groups excluding carboxylic acids is 1. The third-order valence-corrected chi connectivity index (χ3v) is 4.29. The summed E-state index contributed by atoms with van der Waals surface area (Å²) in [5, 5.41) is 16.0. The molecule has 2 atom stereocenters. The van der Waals surface area contributed by atoms with Crippen LogP contribution < -0.4 is 5.32 Å². The molecule has 0 bridgehead atoms. The van der Waals surface area contributed by atoms with Gasteiger partial charge in [0.15, 0.2) is 0 Å². The van der Waals surface area contributed by atoms with Crippen LogP contribution in [-0.2, 0) is 0 Å². The summed E-state index contributed by atoms with van der Waals surface area (Å²) in [4.78, 5) is 11.8. The molecule has 17 heavy (non-hydrogen) atoms. The second-order valence-corrected chi connectivity index (χ2v) is 5.49. The lowest BCUT2D eigenvalue weighted by Crippen LogP contribution is -2.35. The number of hydrogen-bond acceptors (Lipinski definition) is 3. The number of amides is 1. The maximum absolute atomic E-state index is 11.8. The number of hydrogen-bond donors (Lipinski definition) is 2. The summed E-state index contributed by atoms with van der Waals surface area (Å²) in [5.74, 6) is 0.816. The zero-order valence-corrected chi connectivity index (χ0v) is 10.7. The number of thiophene rings is 1. The smallest absolute Gasteiger partial charge is 0.252 e. The van der Waals surface area contributed by atoms with Gasteiger partial charge in [0, 0.05) is 24.1 Å². The van der Waals surface area contributed by atoms with Gasteiger partial charge in [-0.2, -0.15) is 11.3 Å². The second-order valence-electron chi connectivity index (χ2n) is 4.71. The van der Waals surface area contributed by atoms with E-state index >= 15 is 0 Å². The van der Waals surface area contributed by atoms with Crippen molar-refractivity contribution in [2.45, 2.75) is 25.7 Å². The van der Waals surface area contributed by atoms with Crippen molar-refractivity contribution in [1.29, 1.82) is 0 Å². The van der Waals surface area contributed by atoms with E-state index < -0.39 is 0 Å². The number of nitrogens with one attached hydrogen (secondary N) is 1. The van der Waals surface area contributed by atoms with Crippen LogP contribution in [0.15, 0.2) is 16.8 Å². The molecule has 3 nitrogen and oxygen atoms in total. The van der Waals surface area contributed by atoms with Crippen LogP contribution >= 0.6 is 11.3 Å². The Labute approximate surface area is 106 Å². The Bertz CT molecular complexity index is 350. The fourth-order valence-corrected chi connectivity index (χ4v) is 3.15. The Hall–Kier alpha value is -0.870. The van der Waals surface area contributed by atoms with Gasteiger partial charge in [-0.3, -0.25) is 4.79 Å². The van der Waals surface area contributed by atoms with E-state index in [1.807, 2.05) is 16.8 Å². The molecule has 0 radical (unpaired) electrons. The SMILES string of the molecule is O=C(NCC1CCCCC1CO)c1ccsc1. The number of carbonyl (C=O) groups is 1. The highest BCUT2D eigenvalue weighted by Crippen LogP contribution is 2.29. The van der Waals surface area contributed by atoms with Gasteiger partial charge in [-0.15, -0.1) is 0 Å². The minimum absolute atomic E-state index is 0.00788. The minimum atomic E-state index is 0.00788. The van der Waals surface area contributed by atoms with Crippen molar-refractivity contribution in [3.05, 3.63) is 22.4 Å². The molecular formula is C13H19NO2S. The van der Waals surface area contributed by atoms with Crippen LogP contribution in [0.25, 0.3) is 0 Å². The summed E-state index contributed by atoms with van der Waals surface area (Å²) in [6, 6.07) is 1.84. The van der Waals surface area contributed by atoms with Gasteiger partial charge in [-0.1, -0.05) is 12.8 Å². The molecule has 1 aliphatic rings. The molecule has 94 valence electrons. The summed E-state index contributed by atoms with van der Waals surface area (Å²) in [5.41, 5.74) is 0.742. The summed E-state index contributed by atoms with van der Waals surface area (Å²) in [6.45, 7) is 0.943. The third-order valence-electron chi connectivity index (χ3n) is 3.61. The molecule has 1 aliphatic carbocycles. The first-order chi connectivity index (χ1) is 8.31. The molecular weight excluding hydrogens is 234 g/mol. The van der Waals surface area contributed by atoms with Gasteiger partial charge in [-0.25, -0.2) is 0 Å². The van der Waals surface area contributed by atoms with Crippen LogP contribution in [0.2, 0.25) is 0 Å². The molecule has 0 aromatic carbocycles. The van der Waals surface area contributed by atoms with Crippen LogP contribution in [0, 0.1) is 11.8 Å². The topological polar surface area (TPSA) is 49.3 Å². The Morgan fingerprint density at radius 2 is 2.18 bits per heavy atom. The molecule has 1 heterocycles. The number of aliphatic hydroxyl groups is 1. The lowest BCUT2D eigenvalue weighted by atomic mass is 9.79. The van der Waals surface area contributed by atoms with Crippen LogP contribution in [0.3, 0.4) is 0 Å². The van der Waals surface area contributed by atoms with Crippen molar-refractivity contribution in [1.82, 2.24) is 5.32 Å². The fraction of sp³-hybridized carbons (Fsp3) is 0.615. The van der Waals surface area contributed by atoms with Gasteiger partial charge < -0.3 is 10.4 Å². The maximum Gasteiger partial charge on any atom is 0.252 e. The largest absolute Gasteiger partial charge is 0.396 e. The predicted molar refractivity (Wildman–Crippen MR) is 69.2 cm³/mol. The molecule has 1 aromatic rings. The third kappa shape index (κ3) is 3.30. The summed E-state index contributed by atoms with van der Waals surface area (Å²) < 4.78 is 0.